The third kappa shape index (κ3) is 2.89. The van der Waals surface area contributed by atoms with Crippen LogP contribution in [0.5, 0.6) is 0 Å². The Morgan fingerprint density at radius 2 is 2.29 bits per heavy atom. The number of aromatic nitrogens is 2. The third-order valence-corrected chi connectivity index (χ3v) is 4.08. The number of rotatable bonds is 5. The lowest BCUT2D eigenvalue weighted by molar-refractivity contribution is 0.469. The second kappa shape index (κ2) is 6.03. The minimum Gasteiger partial charge on any atom is -0.458 e. The molecule has 3 aromatic rings. The van der Waals surface area contributed by atoms with E-state index in [1.165, 1.54) is 0 Å². The molecule has 21 heavy (non-hydrogen) atoms. The van der Waals surface area contributed by atoms with E-state index in [9.17, 15) is 0 Å². The molecule has 0 saturated carbocycles. The number of hydrogen-bond donors (Lipinski definition) is 1. The quantitative estimate of drug-likeness (QED) is 0.757. The molecule has 0 radical (unpaired) electrons. The summed E-state index contributed by atoms with van der Waals surface area (Å²) in [6.45, 7) is 3.08. The van der Waals surface area contributed by atoms with Crippen molar-refractivity contribution >= 4 is 26.9 Å². The Hall–Kier alpha value is -1.59. The predicted molar refractivity (Wildman–Crippen MR) is 87.3 cm³/mol. The maximum absolute atomic E-state index is 6.08. The molecule has 0 spiro atoms. The van der Waals surface area contributed by atoms with E-state index in [0.29, 0.717) is 0 Å². The fraction of sp³-hybridized carbons (Fsp3) is 0.312. The Morgan fingerprint density at radius 1 is 1.43 bits per heavy atom. The molecule has 1 unspecified atom stereocenters. The zero-order valence-corrected chi connectivity index (χ0v) is 13.7. The average Bonchev–Trinajstić information content (AvgIpc) is 3.07. The lowest BCUT2D eigenvalue weighted by Gasteiger charge is -2.14. The molecular formula is C16H18BrN3O. The van der Waals surface area contributed by atoms with Crippen LogP contribution in [0.4, 0.5) is 0 Å². The van der Waals surface area contributed by atoms with Crippen molar-refractivity contribution in [1.82, 2.24) is 15.1 Å². The van der Waals surface area contributed by atoms with Crippen molar-refractivity contribution < 1.29 is 4.42 Å². The Bertz CT molecular complexity index is 747. The number of nitrogens with zero attached hydrogens (tertiary/aromatic N) is 2. The highest BCUT2D eigenvalue weighted by molar-refractivity contribution is 9.10. The lowest BCUT2D eigenvalue weighted by atomic mass is 10.1. The molecule has 1 atom stereocenters. The van der Waals surface area contributed by atoms with Crippen LogP contribution in [0.3, 0.4) is 0 Å². The fourth-order valence-electron chi connectivity index (χ4n) is 2.45. The summed E-state index contributed by atoms with van der Waals surface area (Å²) in [5, 5.41) is 8.90. The Morgan fingerprint density at radius 3 is 2.95 bits per heavy atom. The molecule has 5 heteroatoms. The average molecular weight is 348 g/mol. The van der Waals surface area contributed by atoms with Gasteiger partial charge in [-0.15, -0.1) is 0 Å². The van der Waals surface area contributed by atoms with Gasteiger partial charge in [0.25, 0.3) is 0 Å². The van der Waals surface area contributed by atoms with Gasteiger partial charge in [0.15, 0.2) is 0 Å². The van der Waals surface area contributed by atoms with Gasteiger partial charge in [0, 0.05) is 24.2 Å². The Balaban J connectivity index is 2.03. The topological polar surface area (TPSA) is 43.0 Å². The summed E-state index contributed by atoms with van der Waals surface area (Å²) in [6, 6.07) is 8.20. The van der Waals surface area contributed by atoms with Crippen molar-refractivity contribution in [2.75, 3.05) is 6.54 Å². The number of halogens is 1. The van der Waals surface area contributed by atoms with Gasteiger partial charge in [0.1, 0.15) is 11.3 Å². The Kier molecular flexibility index (Phi) is 4.12. The first kappa shape index (κ1) is 14.4. The van der Waals surface area contributed by atoms with Gasteiger partial charge in [0.2, 0.25) is 0 Å². The molecule has 4 nitrogen and oxygen atoms in total. The molecule has 0 aliphatic carbocycles. The number of para-hydroxylation sites is 1. The van der Waals surface area contributed by atoms with E-state index in [1.807, 2.05) is 36.3 Å². The van der Waals surface area contributed by atoms with Gasteiger partial charge < -0.3 is 9.73 Å². The van der Waals surface area contributed by atoms with Crippen LogP contribution in [0, 0.1) is 0 Å². The highest BCUT2D eigenvalue weighted by Gasteiger charge is 2.20. The molecule has 1 N–H and O–H groups in total. The van der Waals surface area contributed by atoms with Crippen molar-refractivity contribution in [1.29, 1.82) is 0 Å². The smallest absolute Gasteiger partial charge is 0.148 e. The minimum absolute atomic E-state index is 0.0259. The molecule has 2 aromatic heterocycles. The predicted octanol–water partition coefficient (Wildman–Crippen LogP) is 4.02. The van der Waals surface area contributed by atoms with E-state index in [0.717, 1.165) is 39.7 Å². The van der Waals surface area contributed by atoms with Gasteiger partial charge in [-0.2, -0.15) is 5.10 Å². The van der Waals surface area contributed by atoms with Crippen molar-refractivity contribution in [2.45, 2.75) is 19.4 Å². The molecular weight excluding hydrogens is 330 g/mol. The number of nitrogens with one attached hydrogen (secondary N) is 1. The van der Waals surface area contributed by atoms with Crippen molar-refractivity contribution in [2.24, 2.45) is 7.05 Å². The first-order valence-corrected chi connectivity index (χ1v) is 7.88. The summed E-state index contributed by atoms with van der Waals surface area (Å²) >= 11 is 3.54. The highest BCUT2D eigenvalue weighted by Crippen LogP contribution is 2.32. The largest absolute Gasteiger partial charge is 0.458 e. The monoisotopic (exact) mass is 347 g/mol. The number of aryl methyl sites for hydroxylation is 1. The summed E-state index contributed by atoms with van der Waals surface area (Å²) in [5.41, 5.74) is 2.00. The van der Waals surface area contributed by atoms with Crippen molar-refractivity contribution in [3.05, 3.63) is 52.5 Å². The van der Waals surface area contributed by atoms with Crippen LogP contribution < -0.4 is 5.32 Å². The molecule has 3 rings (SSSR count). The zero-order valence-electron chi connectivity index (χ0n) is 12.1. The molecule has 2 heterocycles. The maximum Gasteiger partial charge on any atom is 0.148 e. The fourth-order valence-corrected chi connectivity index (χ4v) is 2.91. The second-order valence-electron chi connectivity index (χ2n) is 5.14. The van der Waals surface area contributed by atoms with Crippen LogP contribution in [0.25, 0.3) is 11.0 Å². The number of hydrogen-bond acceptors (Lipinski definition) is 3. The van der Waals surface area contributed by atoms with E-state index >= 15 is 0 Å². The number of furan rings is 1. The van der Waals surface area contributed by atoms with Crippen LogP contribution in [0.2, 0.25) is 0 Å². The second-order valence-corrected chi connectivity index (χ2v) is 6.00. The summed E-state index contributed by atoms with van der Waals surface area (Å²) < 4.78 is 8.87. The summed E-state index contributed by atoms with van der Waals surface area (Å²) in [7, 11) is 1.93. The maximum atomic E-state index is 6.08. The van der Waals surface area contributed by atoms with Crippen LogP contribution >= 0.6 is 15.9 Å². The third-order valence-electron chi connectivity index (χ3n) is 3.46. The molecule has 0 bridgehead atoms. The van der Waals surface area contributed by atoms with Crippen LogP contribution in [-0.2, 0) is 7.05 Å². The summed E-state index contributed by atoms with van der Waals surface area (Å²) in [6.07, 6.45) is 4.98. The van der Waals surface area contributed by atoms with E-state index in [1.54, 1.807) is 0 Å². The number of fused-ring (bicyclic) bond motifs is 1. The van der Waals surface area contributed by atoms with Gasteiger partial charge in [-0.25, -0.2) is 0 Å². The molecule has 0 aliphatic heterocycles. The number of benzene rings is 1. The van der Waals surface area contributed by atoms with E-state index in [2.05, 4.69) is 45.4 Å². The molecule has 0 aliphatic rings. The van der Waals surface area contributed by atoms with Crippen LogP contribution in [0.1, 0.15) is 30.7 Å². The summed E-state index contributed by atoms with van der Waals surface area (Å²) in [4.78, 5) is 0. The standard InChI is InChI=1S/C16H18BrN3O/c1-3-7-18-15(12-9-19-20(2)10-12)14-8-11-5-4-6-13(17)16(11)21-14/h4-6,8-10,15,18H,3,7H2,1-2H3. The molecule has 1 aromatic carbocycles. The molecule has 0 amide bonds. The Labute approximate surface area is 132 Å². The molecule has 0 saturated heterocycles. The van der Waals surface area contributed by atoms with E-state index in [4.69, 9.17) is 4.42 Å². The lowest BCUT2D eigenvalue weighted by Crippen LogP contribution is -2.22. The van der Waals surface area contributed by atoms with Crippen molar-refractivity contribution in [3.8, 4) is 0 Å². The highest BCUT2D eigenvalue weighted by atomic mass is 79.9. The van der Waals surface area contributed by atoms with Crippen LogP contribution in [-0.4, -0.2) is 16.3 Å². The van der Waals surface area contributed by atoms with Gasteiger partial charge in [0.05, 0.1) is 16.7 Å². The van der Waals surface area contributed by atoms with Gasteiger partial charge >= 0.3 is 0 Å². The first-order chi connectivity index (χ1) is 10.2. The van der Waals surface area contributed by atoms with Crippen molar-refractivity contribution in [3.63, 3.8) is 0 Å². The van der Waals surface area contributed by atoms with Gasteiger partial charge in [-0.1, -0.05) is 19.1 Å². The van der Waals surface area contributed by atoms with Gasteiger partial charge in [-0.3, -0.25) is 4.68 Å². The minimum atomic E-state index is 0.0259. The van der Waals surface area contributed by atoms with Gasteiger partial charge in [-0.05, 0) is 41.0 Å². The molecule has 110 valence electrons. The normalized spacial score (nSPS) is 12.9. The van der Waals surface area contributed by atoms with E-state index in [-0.39, 0.29) is 6.04 Å². The first-order valence-electron chi connectivity index (χ1n) is 7.09. The zero-order chi connectivity index (χ0) is 14.8. The SMILES string of the molecule is CCCNC(c1cnn(C)c1)c1cc2cccc(Br)c2o1. The van der Waals surface area contributed by atoms with Crippen LogP contribution in [0.15, 0.2) is 45.5 Å². The van der Waals surface area contributed by atoms with E-state index < -0.39 is 0 Å². The molecule has 0 fully saturated rings. The summed E-state index contributed by atoms with van der Waals surface area (Å²) in [5.74, 6) is 0.915.